The van der Waals surface area contributed by atoms with Gasteiger partial charge < -0.3 is 21.3 Å². The lowest BCUT2D eigenvalue weighted by molar-refractivity contribution is 0.963. The van der Waals surface area contributed by atoms with Gasteiger partial charge in [-0.05, 0) is 35.2 Å². The normalized spacial score (nSPS) is 15.7. The Hall–Kier alpha value is -3.26. The highest BCUT2D eigenvalue weighted by atomic mass is 32.2. The molecule has 0 radical (unpaired) electrons. The first-order valence-electron chi connectivity index (χ1n) is 8.46. The van der Waals surface area contributed by atoms with Crippen molar-refractivity contribution in [3.05, 3.63) is 78.4 Å². The number of anilines is 4. The zero-order valence-corrected chi connectivity index (χ0v) is 15.3. The van der Waals surface area contributed by atoms with E-state index in [0.29, 0.717) is 6.54 Å². The van der Waals surface area contributed by atoms with Crippen LogP contribution < -0.4 is 21.3 Å². The number of hydrogen-bond donors (Lipinski definition) is 3. The molecular formula is C19H19N7S. The Morgan fingerprint density at radius 1 is 1.07 bits per heavy atom. The number of para-hydroxylation sites is 2. The van der Waals surface area contributed by atoms with E-state index in [4.69, 9.17) is 5.73 Å². The van der Waals surface area contributed by atoms with Crippen molar-refractivity contribution in [2.24, 2.45) is 0 Å². The maximum absolute atomic E-state index is 6.12. The maximum atomic E-state index is 6.12. The topological polar surface area (TPSA) is 92.0 Å². The van der Waals surface area contributed by atoms with Crippen LogP contribution >= 0.6 is 11.8 Å². The molecule has 0 aliphatic carbocycles. The maximum Gasteiger partial charge on any atom is 0.157 e. The van der Waals surface area contributed by atoms with E-state index < -0.39 is 0 Å². The van der Waals surface area contributed by atoms with Crippen molar-refractivity contribution in [3.8, 4) is 0 Å². The molecule has 0 amide bonds. The van der Waals surface area contributed by atoms with Gasteiger partial charge in [-0.2, -0.15) is 0 Å². The first-order valence-corrected chi connectivity index (χ1v) is 9.40. The summed E-state index contributed by atoms with van der Waals surface area (Å²) >= 11 is 1.66. The first kappa shape index (κ1) is 17.2. The van der Waals surface area contributed by atoms with E-state index >= 15 is 0 Å². The van der Waals surface area contributed by atoms with E-state index in [0.717, 1.165) is 28.6 Å². The highest BCUT2D eigenvalue weighted by molar-refractivity contribution is 8.03. The van der Waals surface area contributed by atoms with Crippen LogP contribution in [0.25, 0.3) is 0 Å². The fraction of sp³-hybridized carbons (Fsp3) is 0.105. The third kappa shape index (κ3) is 4.12. The van der Waals surface area contributed by atoms with Crippen molar-refractivity contribution in [1.82, 2.24) is 15.0 Å². The first-order chi connectivity index (χ1) is 13.3. The van der Waals surface area contributed by atoms with Gasteiger partial charge in [-0.25, -0.2) is 9.97 Å². The van der Waals surface area contributed by atoms with Crippen LogP contribution in [0.3, 0.4) is 0 Å². The molecule has 27 heavy (non-hydrogen) atoms. The molecule has 0 saturated heterocycles. The largest absolute Gasteiger partial charge is 0.397 e. The molecule has 1 unspecified atom stereocenters. The molecule has 0 bridgehead atoms. The number of rotatable bonds is 6. The van der Waals surface area contributed by atoms with Crippen molar-refractivity contribution in [1.29, 1.82) is 0 Å². The van der Waals surface area contributed by atoms with Gasteiger partial charge in [-0.1, -0.05) is 23.9 Å². The summed E-state index contributed by atoms with van der Waals surface area (Å²) in [6, 6.07) is 13.6. The van der Waals surface area contributed by atoms with Crippen LogP contribution in [0.15, 0.2) is 72.8 Å². The van der Waals surface area contributed by atoms with Crippen LogP contribution in [-0.4, -0.2) is 20.4 Å². The summed E-state index contributed by atoms with van der Waals surface area (Å²) in [4.78, 5) is 14.7. The third-order valence-electron chi connectivity index (χ3n) is 4.06. The summed E-state index contributed by atoms with van der Waals surface area (Å²) < 4.78 is 0. The van der Waals surface area contributed by atoms with Gasteiger partial charge in [0.1, 0.15) is 18.0 Å². The molecule has 8 heteroatoms. The minimum atomic E-state index is -0.0300. The highest BCUT2D eigenvalue weighted by Gasteiger charge is 2.23. The summed E-state index contributed by atoms with van der Waals surface area (Å²) in [6.07, 6.45) is 7.11. The smallest absolute Gasteiger partial charge is 0.157 e. The monoisotopic (exact) mass is 377 g/mol. The molecule has 4 N–H and O–H groups in total. The highest BCUT2D eigenvalue weighted by Crippen LogP contribution is 2.34. The Morgan fingerprint density at radius 2 is 1.89 bits per heavy atom. The van der Waals surface area contributed by atoms with Gasteiger partial charge in [0.25, 0.3) is 0 Å². The van der Waals surface area contributed by atoms with E-state index in [2.05, 4.69) is 30.5 Å². The molecule has 2 aromatic heterocycles. The second-order valence-corrected chi connectivity index (χ2v) is 6.87. The third-order valence-corrected chi connectivity index (χ3v) is 4.94. The number of aromatic nitrogens is 3. The number of benzene rings is 1. The van der Waals surface area contributed by atoms with Gasteiger partial charge in [0.2, 0.25) is 0 Å². The Bertz CT molecular complexity index is 932. The van der Waals surface area contributed by atoms with Crippen molar-refractivity contribution >= 4 is 34.8 Å². The SMILES string of the molecule is Nc1ccccc1N1C=CSC1Nc1cc(NCc2ccncc2)ncn1. The average Bonchev–Trinajstić information content (AvgIpc) is 3.16. The number of nitrogen functional groups attached to an aromatic ring is 1. The number of pyridine rings is 1. The lowest BCUT2D eigenvalue weighted by atomic mass is 10.2. The molecule has 1 atom stereocenters. The van der Waals surface area contributed by atoms with Gasteiger partial charge in [0.15, 0.2) is 5.50 Å². The molecule has 3 heterocycles. The van der Waals surface area contributed by atoms with Gasteiger partial charge in [0, 0.05) is 31.2 Å². The molecule has 136 valence electrons. The Balaban J connectivity index is 1.44. The lowest BCUT2D eigenvalue weighted by Gasteiger charge is -2.27. The number of thioether (sulfide) groups is 1. The van der Waals surface area contributed by atoms with Crippen molar-refractivity contribution in [2.75, 3.05) is 21.3 Å². The van der Waals surface area contributed by atoms with Crippen molar-refractivity contribution < 1.29 is 0 Å². The standard InChI is InChI=1S/C19H19N7S/c20-15-3-1-2-4-16(15)26-9-10-27-19(26)25-18-11-17(23-13-24-18)22-12-14-5-7-21-8-6-14/h1-11,13,19H,12,20H2,(H2,22,23,24,25). The molecule has 3 aromatic rings. The van der Waals surface area contributed by atoms with Crippen molar-refractivity contribution in [2.45, 2.75) is 12.0 Å². The van der Waals surface area contributed by atoms with E-state index in [9.17, 15) is 0 Å². The van der Waals surface area contributed by atoms with Crippen LogP contribution in [0.1, 0.15) is 5.56 Å². The quantitative estimate of drug-likeness (QED) is 0.562. The van der Waals surface area contributed by atoms with E-state index in [1.165, 1.54) is 0 Å². The fourth-order valence-corrected chi connectivity index (χ4v) is 3.56. The van der Waals surface area contributed by atoms with Gasteiger partial charge in [-0.3, -0.25) is 4.98 Å². The molecule has 4 rings (SSSR count). The van der Waals surface area contributed by atoms with Gasteiger partial charge in [-0.15, -0.1) is 0 Å². The van der Waals surface area contributed by atoms with Gasteiger partial charge in [0.05, 0.1) is 11.4 Å². The number of nitrogens with one attached hydrogen (secondary N) is 2. The summed E-state index contributed by atoms with van der Waals surface area (Å²) in [5, 5.41) is 8.76. The Morgan fingerprint density at radius 3 is 2.74 bits per heavy atom. The Kier molecular flexibility index (Phi) is 5.06. The molecule has 1 aliphatic rings. The van der Waals surface area contributed by atoms with Crippen LogP contribution in [-0.2, 0) is 6.54 Å². The van der Waals surface area contributed by atoms with E-state index in [1.54, 1.807) is 30.5 Å². The molecule has 1 aromatic carbocycles. The summed E-state index contributed by atoms with van der Waals surface area (Å²) in [5.74, 6) is 1.49. The zero-order valence-electron chi connectivity index (χ0n) is 14.5. The van der Waals surface area contributed by atoms with Crippen LogP contribution in [0.2, 0.25) is 0 Å². The fourth-order valence-electron chi connectivity index (χ4n) is 2.70. The minimum Gasteiger partial charge on any atom is -0.397 e. The van der Waals surface area contributed by atoms with E-state index in [1.807, 2.05) is 54.1 Å². The predicted octanol–water partition coefficient (Wildman–Crippen LogP) is 3.49. The number of nitrogens with two attached hydrogens (primary N) is 1. The molecule has 0 spiro atoms. The van der Waals surface area contributed by atoms with Crippen LogP contribution in [0, 0.1) is 0 Å². The number of nitrogens with zero attached hydrogens (tertiary/aromatic N) is 4. The predicted molar refractivity (Wildman–Crippen MR) is 111 cm³/mol. The average molecular weight is 377 g/mol. The van der Waals surface area contributed by atoms with Gasteiger partial charge >= 0.3 is 0 Å². The number of hydrogen-bond acceptors (Lipinski definition) is 8. The van der Waals surface area contributed by atoms with Crippen LogP contribution in [0.4, 0.5) is 23.0 Å². The molecule has 7 nitrogen and oxygen atoms in total. The minimum absolute atomic E-state index is 0.0300. The second-order valence-electron chi connectivity index (χ2n) is 5.88. The molecule has 1 aliphatic heterocycles. The lowest BCUT2D eigenvalue weighted by Crippen LogP contribution is -2.32. The molecule has 0 fully saturated rings. The summed E-state index contributed by atoms with van der Waals surface area (Å²) in [7, 11) is 0. The van der Waals surface area contributed by atoms with Crippen molar-refractivity contribution in [3.63, 3.8) is 0 Å². The summed E-state index contributed by atoms with van der Waals surface area (Å²) in [5.41, 5.74) is 8.93. The molecule has 0 saturated carbocycles. The Labute approximate surface area is 161 Å². The molecular weight excluding hydrogens is 358 g/mol. The zero-order chi connectivity index (χ0) is 18.5. The second kappa shape index (κ2) is 7.96. The van der Waals surface area contributed by atoms with Crippen LogP contribution in [0.5, 0.6) is 0 Å². The van der Waals surface area contributed by atoms with E-state index in [-0.39, 0.29) is 5.50 Å². The summed E-state index contributed by atoms with van der Waals surface area (Å²) in [6.45, 7) is 0.672.